The quantitative estimate of drug-likeness (QED) is 0.679. The summed E-state index contributed by atoms with van der Waals surface area (Å²) in [5, 5.41) is 3.52. The Morgan fingerprint density at radius 3 is 2.54 bits per heavy atom. The van der Waals surface area contributed by atoms with E-state index >= 15 is 0 Å². The Balaban J connectivity index is 4.46. The van der Waals surface area contributed by atoms with Gasteiger partial charge in [0.25, 0.3) is 0 Å². The van der Waals surface area contributed by atoms with Crippen LogP contribution in [0.15, 0.2) is 28.9 Å². The van der Waals surface area contributed by atoms with E-state index in [1.807, 2.05) is 20.9 Å². The second-order valence-corrected chi connectivity index (χ2v) is 3.33. The van der Waals surface area contributed by atoms with Crippen LogP contribution in [0.5, 0.6) is 0 Å². The third-order valence-electron chi connectivity index (χ3n) is 1.60. The lowest BCUT2D eigenvalue weighted by atomic mass is 10.2. The van der Waals surface area contributed by atoms with E-state index in [1.165, 1.54) is 5.57 Å². The van der Waals surface area contributed by atoms with Gasteiger partial charge >= 0.3 is 0 Å². The molecule has 0 amide bonds. The molecule has 0 aliphatic carbocycles. The highest BCUT2D eigenvalue weighted by Gasteiger charge is 1.97. The molecule has 0 fully saturated rings. The van der Waals surface area contributed by atoms with Crippen molar-refractivity contribution in [1.29, 1.82) is 0 Å². The fourth-order valence-electron chi connectivity index (χ4n) is 0.836. The topological polar surface area (TPSA) is 24.4 Å². The number of nitrogens with zero attached hydrogens (tertiary/aromatic N) is 1. The van der Waals surface area contributed by atoms with E-state index in [-0.39, 0.29) is 0 Å². The number of hydrogen-bond acceptors (Lipinski definition) is 2. The second kappa shape index (κ2) is 6.87. The van der Waals surface area contributed by atoms with Gasteiger partial charge in [-0.05, 0) is 27.0 Å². The molecular weight excluding hydrogens is 184 g/mol. The minimum Gasteiger partial charge on any atom is -0.319 e. The van der Waals surface area contributed by atoms with Crippen LogP contribution in [0.2, 0.25) is 0 Å². The summed E-state index contributed by atoms with van der Waals surface area (Å²) < 4.78 is 0. The molecule has 0 aromatic rings. The van der Waals surface area contributed by atoms with Crippen LogP contribution in [0.3, 0.4) is 0 Å². The first kappa shape index (κ1) is 12.4. The van der Waals surface area contributed by atoms with Crippen molar-refractivity contribution in [2.45, 2.75) is 20.3 Å². The highest BCUT2D eigenvalue weighted by molar-refractivity contribution is 6.68. The molecule has 0 saturated heterocycles. The van der Waals surface area contributed by atoms with Gasteiger partial charge in [0, 0.05) is 18.7 Å². The normalized spacial score (nSPS) is 11.2. The third kappa shape index (κ3) is 5.61. The lowest BCUT2D eigenvalue weighted by molar-refractivity contribution is 0.775. The van der Waals surface area contributed by atoms with Gasteiger partial charge in [0.1, 0.15) is 5.17 Å². The molecule has 74 valence electrons. The van der Waals surface area contributed by atoms with Gasteiger partial charge in [-0.1, -0.05) is 23.8 Å². The van der Waals surface area contributed by atoms with Gasteiger partial charge in [-0.15, -0.1) is 0 Å². The van der Waals surface area contributed by atoms with Gasteiger partial charge in [-0.25, -0.2) is 4.99 Å². The summed E-state index contributed by atoms with van der Waals surface area (Å²) in [4.78, 5) is 4.24. The fourth-order valence-corrected chi connectivity index (χ4v) is 0.938. The Morgan fingerprint density at radius 1 is 1.54 bits per heavy atom. The second-order valence-electron chi connectivity index (χ2n) is 2.94. The van der Waals surface area contributed by atoms with Crippen molar-refractivity contribution in [3.63, 3.8) is 0 Å². The minimum atomic E-state index is 0.451. The number of halogens is 1. The Labute approximate surface area is 85.4 Å². The fraction of sp³-hybridized carbons (Fsp3) is 0.500. The molecule has 0 aromatic carbocycles. The SMILES string of the molecule is C=CC(Cl)=NC(CCNC)=C(C)C. The van der Waals surface area contributed by atoms with E-state index < -0.39 is 0 Å². The van der Waals surface area contributed by atoms with Crippen LogP contribution in [0.4, 0.5) is 0 Å². The summed E-state index contributed by atoms with van der Waals surface area (Å²) in [6.07, 6.45) is 2.44. The van der Waals surface area contributed by atoms with Crippen molar-refractivity contribution >= 4 is 16.8 Å². The predicted octanol–water partition coefficient (Wildman–Crippen LogP) is 2.71. The van der Waals surface area contributed by atoms with Crippen molar-refractivity contribution in [2.24, 2.45) is 4.99 Å². The Bertz CT molecular complexity index is 225. The standard InChI is InChI=1S/C10H17ClN2/c1-5-10(11)13-9(8(2)3)6-7-12-4/h5,12H,1,6-7H2,2-4H3. The predicted molar refractivity (Wildman–Crippen MR) is 60.4 cm³/mol. The summed E-state index contributed by atoms with van der Waals surface area (Å²) in [7, 11) is 1.92. The van der Waals surface area contributed by atoms with Gasteiger partial charge in [0.2, 0.25) is 0 Å². The molecule has 2 nitrogen and oxygen atoms in total. The molecule has 0 saturated carbocycles. The van der Waals surface area contributed by atoms with Gasteiger partial charge in [-0.2, -0.15) is 0 Å². The highest BCUT2D eigenvalue weighted by Crippen LogP contribution is 2.10. The lowest BCUT2D eigenvalue weighted by Gasteiger charge is -2.04. The summed E-state index contributed by atoms with van der Waals surface area (Å²) in [5.41, 5.74) is 2.22. The number of aliphatic imine (C=N–C) groups is 1. The van der Waals surface area contributed by atoms with E-state index in [1.54, 1.807) is 6.08 Å². The maximum atomic E-state index is 5.76. The molecule has 0 spiro atoms. The minimum absolute atomic E-state index is 0.451. The van der Waals surface area contributed by atoms with E-state index in [2.05, 4.69) is 16.9 Å². The average molecular weight is 201 g/mol. The zero-order valence-corrected chi connectivity index (χ0v) is 9.28. The highest BCUT2D eigenvalue weighted by atomic mass is 35.5. The Hall–Kier alpha value is -0.600. The molecule has 0 radical (unpaired) electrons. The van der Waals surface area contributed by atoms with Gasteiger partial charge in [0.05, 0.1) is 0 Å². The van der Waals surface area contributed by atoms with Crippen LogP contribution in [0.1, 0.15) is 20.3 Å². The van der Waals surface area contributed by atoms with Crippen LogP contribution < -0.4 is 5.32 Å². The van der Waals surface area contributed by atoms with Gasteiger partial charge in [-0.3, -0.25) is 0 Å². The van der Waals surface area contributed by atoms with Crippen molar-refractivity contribution in [3.05, 3.63) is 23.9 Å². The van der Waals surface area contributed by atoms with Crippen molar-refractivity contribution in [3.8, 4) is 0 Å². The average Bonchev–Trinajstić information content (AvgIpc) is 2.11. The molecule has 3 heteroatoms. The maximum Gasteiger partial charge on any atom is 0.128 e. The molecule has 0 aliphatic heterocycles. The zero-order valence-electron chi connectivity index (χ0n) is 8.52. The van der Waals surface area contributed by atoms with Gasteiger partial charge < -0.3 is 5.32 Å². The first-order chi connectivity index (χ1) is 6.11. The van der Waals surface area contributed by atoms with Crippen LogP contribution in [-0.2, 0) is 0 Å². The summed E-state index contributed by atoms with van der Waals surface area (Å²) in [6.45, 7) is 8.52. The summed E-state index contributed by atoms with van der Waals surface area (Å²) >= 11 is 5.76. The number of rotatable bonds is 5. The largest absolute Gasteiger partial charge is 0.319 e. The first-order valence-corrected chi connectivity index (χ1v) is 4.67. The van der Waals surface area contributed by atoms with Crippen molar-refractivity contribution in [2.75, 3.05) is 13.6 Å². The third-order valence-corrected chi connectivity index (χ3v) is 1.84. The van der Waals surface area contributed by atoms with Crippen LogP contribution >= 0.6 is 11.6 Å². The molecule has 0 aromatic heterocycles. The van der Waals surface area contributed by atoms with Gasteiger partial charge in [0.15, 0.2) is 0 Å². The van der Waals surface area contributed by atoms with Crippen LogP contribution in [-0.4, -0.2) is 18.8 Å². The maximum absolute atomic E-state index is 5.76. The molecule has 0 heterocycles. The number of nitrogens with one attached hydrogen (secondary N) is 1. The number of hydrogen-bond donors (Lipinski definition) is 1. The molecule has 1 N–H and O–H groups in total. The lowest BCUT2D eigenvalue weighted by Crippen LogP contribution is -2.08. The molecule has 13 heavy (non-hydrogen) atoms. The summed E-state index contributed by atoms with van der Waals surface area (Å²) in [6, 6.07) is 0. The molecular formula is C10H17ClN2. The number of allylic oxidation sites excluding steroid dienone is 2. The van der Waals surface area contributed by atoms with Crippen molar-refractivity contribution < 1.29 is 0 Å². The first-order valence-electron chi connectivity index (χ1n) is 4.29. The van der Waals surface area contributed by atoms with Crippen LogP contribution in [0, 0.1) is 0 Å². The van der Waals surface area contributed by atoms with E-state index in [9.17, 15) is 0 Å². The Kier molecular flexibility index (Phi) is 6.55. The molecule has 0 atom stereocenters. The van der Waals surface area contributed by atoms with E-state index in [4.69, 9.17) is 11.6 Å². The zero-order chi connectivity index (χ0) is 10.3. The van der Waals surface area contributed by atoms with E-state index in [0.29, 0.717) is 5.17 Å². The summed E-state index contributed by atoms with van der Waals surface area (Å²) in [5.74, 6) is 0. The monoisotopic (exact) mass is 200 g/mol. The molecule has 0 aliphatic rings. The molecule has 0 unspecified atom stereocenters. The van der Waals surface area contributed by atoms with E-state index in [0.717, 1.165) is 18.7 Å². The smallest absolute Gasteiger partial charge is 0.128 e. The molecule has 0 rings (SSSR count). The molecule has 0 bridgehead atoms. The van der Waals surface area contributed by atoms with Crippen LogP contribution in [0.25, 0.3) is 0 Å². The van der Waals surface area contributed by atoms with Crippen molar-refractivity contribution in [1.82, 2.24) is 5.32 Å². The Morgan fingerprint density at radius 2 is 2.15 bits per heavy atom.